The third-order valence-corrected chi connectivity index (χ3v) is 7.16. The Morgan fingerprint density at radius 1 is 1.24 bits per heavy atom. The number of benzene rings is 1. The van der Waals surface area contributed by atoms with E-state index < -0.39 is 42.2 Å². The lowest BCUT2D eigenvalue weighted by Crippen LogP contribution is -2.61. The maximum absolute atomic E-state index is 13.5. The van der Waals surface area contributed by atoms with Crippen molar-refractivity contribution in [1.82, 2.24) is 10.3 Å². The van der Waals surface area contributed by atoms with Crippen molar-refractivity contribution < 1.29 is 38.4 Å². The molecule has 1 heterocycles. The number of aromatic nitrogens is 1. The fourth-order valence-electron chi connectivity index (χ4n) is 4.64. The van der Waals surface area contributed by atoms with Crippen LogP contribution in [0.1, 0.15) is 56.9 Å². The summed E-state index contributed by atoms with van der Waals surface area (Å²) in [5.74, 6) is -2.58. The molecule has 0 saturated heterocycles. The van der Waals surface area contributed by atoms with Crippen LogP contribution < -0.4 is 19.5 Å². The average molecular weight is 549 g/mol. The Morgan fingerprint density at radius 2 is 1.95 bits per heavy atom. The molecule has 1 aliphatic rings. The smallest absolute Gasteiger partial charge is 0.329 e. The molecule has 0 aliphatic heterocycles. The van der Waals surface area contributed by atoms with E-state index in [1.165, 1.54) is 33.2 Å². The van der Waals surface area contributed by atoms with Gasteiger partial charge >= 0.3 is 11.9 Å². The molecule has 206 valence electrons. The molecule has 10 nitrogen and oxygen atoms in total. The fourth-order valence-corrected chi connectivity index (χ4v) is 4.82. The van der Waals surface area contributed by atoms with Crippen molar-refractivity contribution >= 4 is 29.4 Å². The Morgan fingerprint density at radius 3 is 2.55 bits per heavy atom. The van der Waals surface area contributed by atoms with Crippen LogP contribution in [0.2, 0.25) is 5.02 Å². The van der Waals surface area contributed by atoms with Crippen molar-refractivity contribution in [3.8, 4) is 17.2 Å². The highest BCUT2D eigenvalue weighted by atomic mass is 35.5. The molecule has 1 aliphatic carbocycles. The highest BCUT2D eigenvalue weighted by Gasteiger charge is 2.48. The second-order valence-electron chi connectivity index (χ2n) is 9.42. The van der Waals surface area contributed by atoms with Gasteiger partial charge in [-0.2, -0.15) is 0 Å². The van der Waals surface area contributed by atoms with E-state index in [9.17, 15) is 19.5 Å². The molecule has 0 unspecified atom stereocenters. The lowest BCUT2D eigenvalue weighted by Gasteiger charge is -2.39. The van der Waals surface area contributed by atoms with Gasteiger partial charge in [0.05, 0.1) is 7.11 Å². The third-order valence-electron chi connectivity index (χ3n) is 6.92. The molecule has 1 amide bonds. The summed E-state index contributed by atoms with van der Waals surface area (Å²) in [6.45, 7) is 3.92. The topological polar surface area (TPSA) is 133 Å². The largest absolute Gasteiger partial charge is 0.493 e. The second-order valence-corrected chi connectivity index (χ2v) is 9.86. The first-order valence-corrected chi connectivity index (χ1v) is 12.7. The number of aliphatic carboxylic acids is 1. The van der Waals surface area contributed by atoms with E-state index in [0.29, 0.717) is 10.8 Å². The first-order chi connectivity index (χ1) is 18.1. The van der Waals surface area contributed by atoms with Gasteiger partial charge in [0, 0.05) is 30.1 Å². The second kappa shape index (κ2) is 12.8. The molecule has 1 fully saturated rings. The standard InChI is InChI=1S/C27H33ClN2O8/c1-16(23(18-8-5-6-9-18)38-20-11-7-10-19(28)14-20)27(3,26(33)34)30-25(32)22-24(37-15-36-17(2)31)21(35-4)12-13-29-22/h7,10-14,16,18,23H,5-6,8-9,15H2,1-4H3,(H,30,32)(H,33,34)/t16-,23+,27+/m1/s1. The normalized spacial score (nSPS) is 16.6. The van der Waals surface area contributed by atoms with Gasteiger partial charge in [-0.3, -0.25) is 9.59 Å². The zero-order chi connectivity index (χ0) is 27.9. The van der Waals surface area contributed by atoms with E-state index in [1.54, 1.807) is 31.2 Å². The number of hydrogen-bond acceptors (Lipinski definition) is 8. The number of carbonyl (C=O) groups is 3. The summed E-state index contributed by atoms with van der Waals surface area (Å²) in [4.78, 5) is 41.4. The summed E-state index contributed by atoms with van der Waals surface area (Å²) >= 11 is 6.15. The number of nitrogens with zero attached hydrogens (tertiary/aromatic N) is 1. The number of amides is 1. The minimum absolute atomic E-state index is 0.0864. The summed E-state index contributed by atoms with van der Waals surface area (Å²) in [7, 11) is 1.37. The average Bonchev–Trinajstić information content (AvgIpc) is 3.41. The fraction of sp³-hybridized carbons (Fsp3) is 0.481. The first-order valence-electron chi connectivity index (χ1n) is 12.3. The van der Waals surface area contributed by atoms with E-state index in [4.69, 9.17) is 30.5 Å². The van der Waals surface area contributed by atoms with Crippen LogP contribution in [0, 0.1) is 11.8 Å². The summed E-state index contributed by atoms with van der Waals surface area (Å²) in [5.41, 5.74) is -1.97. The van der Waals surface area contributed by atoms with Gasteiger partial charge in [0.1, 0.15) is 17.4 Å². The lowest BCUT2D eigenvalue weighted by molar-refractivity contribution is -0.149. The molecule has 1 aromatic heterocycles. The number of hydrogen-bond donors (Lipinski definition) is 2. The molecule has 2 aromatic rings. The van der Waals surface area contributed by atoms with Crippen LogP contribution in [0.25, 0.3) is 0 Å². The van der Waals surface area contributed by atoms with Crippen LogP contribution in [-0.4, -0.2) is 53.5 Å². The summed E-state index contributed by atoms with van der Waals surface area (Å²) in [5, 5.41) is 13.5. The highest BCUT2D eigenvalue weighted by Crippen LogP contribution is 2.38. The molecule has 0 radical (unpaired) electrons. The minimum atomic E-state index is -1.75. The van der Waals surface area contributed by atoms with Crippen LogP contribution in [0.3, 0.4) is 0 Å². The number of carboxylic acid groups (broad SMARTS) is 1. The molecule has 3 rings (SSSR count). The maximum Gasteiger partial charge on any atom is 0.329 e. The number of rotatable bonds is 12. The molecule has 0 spiro atoms. The Bertz CT molecular complexity index is 1150. The zero-order valence-electron chi connectivity index (χ0n) is 21.9. The van der Waals surface area contributed by atoms with Gasteiger partial charge in [0.2, 0.25) is 6.79 Å². The number of carbonyl (C=O) groups excluding carboxylic acids is 2. The van der Waals surface area contributed by atoms with E-state index in [-0.39, 0.29) is 23.1 Å². The third kappa shape index (κ3) is 6.86. The molecular weight excluding hydrogens is 516 g/mol. The van der Waals surface area contributed by atoms with Gasteiger partial charge in [-0.15, -0.1) is 0 Å². The van der Waals surface area contributed by atoms with Gasteiger partial charge in [0.15, 0.2) is 17.2 Å². The predicted molar refractivity (Wildman–Crippen MR) is 139 cm³/mol. The van der Waals surface area contributed by atoms with Gasteiger partial charge in [0.25, 0.3) is 5.91 Å². The number of esters is 1. The Balaban J connectivity index is 1.92. The van der Waals surface area contributed by atoms with Crippen molar-refractivity contribution in [2.75, 3.05) is 13.9 Å². The van der Waals surface area contributed by atoms with Gasteiger partial charge in [-0.1, -0.05) is 37.4 Å². The van der Waals surface area contributed by atoms with Crippen LogP contribution >= 0.6 is 11.6 Å². The monoisotopic (exact) mass is 548 g/mol. The Labute approximate surface area is 226 Å². The Hall–Kier alpha value is -3.53. The predicted octanol–water partition coefficient (Wildman–Crippen LogP) is 4.49. The van der Waals surface area contributed by atoms with Crippen molar-refractivity contribution in [2.45, 2.75) is 58.1 Å². The molecule has 2 N–H and O–H groups in total. The number of carboxylic acids is 1. The van der Waals surface area contributed by atoms with Crippen molar-refractivity contribution in [2.24, 2.45) is 11.8 Å². The molecule has 3 atom stereocenters. The summed E-state index contributed by atoms with van der Waals surface area (Å²) in [6.07, 6.45) is 4.60. The van der Waals surface area contributed by atoms with Crippen LogP contribution in [0.15, 0.2) is 36.5 Å². The molecule has 1 aromatic carbocycles. The van der Waals surface area contributed by atoms with Crippen molar-refractivity contribution in [1.29, 1.82) is 0 Å². The van der Waals surface area contributed by atoms with Gasteiger partial charge in [-0.05, 0) is 43.9 Å². The van der Waals surface area contributed by atoms with E-state index in [1.807, 2.05) is 0 Å². The molecular formula is C27H33ClN2O8. The quantitative estimate of drug-likeness (QED) is 0.290. The number of pyridine rings is 1. The number of nitrogens with one attached hydrogen (secondary N) is 1. The minimum Gasteiger partial charge on any atom is -0.493 e. The first kappa shape index (κ1) is 29.0. The summed E-state index contributed by atoms with van der Waals surface area (Å²) in [6, 6.07) is 8.40. The van der Waals surface area contributed by atoms with Gasteiger partial charge in [-0.25, -0.2) is 9.78 Å². The van der Waals surface area contributed by atoms with Crippen molar-refractivity contribution in [3.05, 3.63) is 47.2 Å². The maximum atomic E-state index is 13.5. The number of ether oxygens (including phenoxy) is 4. The SMILES string of the molecule is COc1ccnc(C(=O)N[C@](C)(C(=O)O)[C@H](C)[C@H](Oc2cccc(Cl)c2)C2CCCC2)c1OCOC(C)=O. The number of halogens is 1. The molecule has 11 heteroatoms. The molecule has 38 heavy (non-hydrogen) atoms. The highest BCUT2D eigenvalue weighted by molar-refractivity contribution is 6.30. The number of methoxy groups -OCH3 is 1. The Kier molecular flexibility index (Phi) is 9.79. The molecule has 0 bridgehead atoms. The van der Waals surface area contributed by atoms with Crippen molar-refractivity contribution in [3.63, 3.8) is 0 Å². The van der Waals surface area contributed by atoms with Crippen LogP contribution in [0.4, 0.5) is 0 Å². The van der Waals surface area contributed by atoms with Crippen LogP contribution in [-0.2, 0) is 14.3 Å². The van der Waals surface area contributed by atoms with Crippen LogP contribution in [0.5, 0.6) is 17.2 Å². The van der Waals surface area contributed by atoms with E-state index in [0.717, 1.165) is 25.7 Å². The van der Waals surface area contributed by atoms with Gasteiger partial charge < -0.3 is 29.4 Å². The summed E-state index contributed by atoms with van der Waals surface area (Å²) < 4.78 is 21.9. The molecule has 1 saturated carbocycles. The lowest BCUT2D eigenvalue weighted by atomic mass is 9.77. The van der Waals surface area contributed by atoms with E-state index in [2.05, 4.69) is 10.3 Å². The van der Waals surface area contributed by atoms with E-state index >= 15 is 0 Å². The zero-order valence-corrected chi connectivity index (χ0v) is 22.6.